The summed E-state index contributed by atoms with van der Waals surface area (Å²) in [5.74, 6) is -1.65. The van der Waals surface area contributed by atoms with E-state index in [4.69, 9.17) is 4.74 Å². The smallest absolute Gasteiger partial charge is 0.360 e. The Morgan fingerprint density at radius 2 is 1.26 bits per heavy atom. The van der Waals surface area contributed by atoms with Gasteiger partial charge in [0.05, 0.1) is 19.9 Å². The SMILES string of the molecule is COC(=O)c1nc2n(CC(=O)N3CC(C)CC(C)C3)cc(CSC)n2c(=O)c1O.COC(=O)c1nc2n(CC(=O)N3CC(C)CC(C)C3)ccn2c(=O)c1OC(C)=O. The molecule has 2 amide bonds. The number of esters is 3. The highest BCUT2D eigenvalue weighted by atomic mass is 32.2. The number of ether oxygens (including phenoxy) is 3. The summed E-state index contributed by atoms with van der Waals surface area (Å²) in [7, 11) is 2.27. The van der Waals surface area contributed by atoms with Crippen molar-refractivity contribution in [1.29, 1.82) is 0 Å². The second kappa shape index (κ2) is 18.3. The number of fused-ring (bicyclic) bond motifs is 2. The van der Waals surface area contributed by atoms with Crippen molar-refractivity contribution >= 4 is 53.0 Å². The summed E-state index contributed by atoms with van der Waals surface area (Å²) in [5, 5.41) is 10.2. The van der Waals surface area contributed by atoms with E-state index in [0.29, 0.717) is 61.3 Å². The molecule has 0 aliphatic carbocycles. The van der Waals surface area contributed by atoms with Gasteiger partial charge in [-0.15, -0.1) is 0 Å². The molecule has 1 N–H and O–H groups in total. The maximum Gasteiger partial charge on any atom is 0.360 e. The molecule has 58 heavy (non-hydrogen) atoms. The largest absolute Gasteiger partial charge is 0.501 e. The highest BCUT2D eigenvalue weighted by molar-refractivity contribution is 7.97. The number of rotatable bonds is 9. The molecule has 0 bridgehead atoms. The minimum atomic E-state index is -0.918. The van der Waals surface area contributed by atoms with Gasteiger partial charge in [0.15, 0.2) is 5.69 Å². The molecular formula is C38H50N8O11S. The number of thioether (sulfide) groups is 1. The van der Waals surface area contributed by atoms with Gasteiger partial charge in [-0.1, -0.05) is 27.7 Å². The highest BCUT2D eigenvalue weighted by Gasteiger charge is 2.30. The van der Waals surface area contributed by atoms with Crippen molar-refractivity contribution in [1.82, 2.24) is 37.7 Å². The Balaban J connectivity index is 0.000000221. The number of aromatic nitrogens is 6. The third kappa shape index (κ3) is 9.37. The van der Waals surface area contributed by atoms with E-state index in [1.807, 2.05) is 16.1 Å². The first-order valence-electron chi connectivity index (χ1n) is 18.8. The molecule has 0 aromatic carbocycles. The highest BCUT2D eigenvalue weighted by Crippen LogP contribution is 2.24. The molecule has 2 aliphatic rings. The standard InChI is InChI=1S/C19H24N4O6.C19H26N4O5S/c1-11-7-12(2)9-22(8-11)14(25)10-21-5-6-23-17(26)16(29-13(3)24)15(18(27)28-4)20-19(21)23;1-11-5-12(2)7-21(6-11)14(24)9-22-8-13(10-29-4)23-17(26)16(25)15(18(27)28-3)20-19(22)23/h5-6,11-12H,7-10H2,1-4H3;8,11-12,25H,5-7,9-10H2,1-4H3. The number of hydrogen-bond donors (Lipinski definition) is 1. The Morgan fingerprint density at radius 3 is 1.76 bits per heavy atom. The van der Waals surface area contributed by atoms with Gasteiger partial charge < -0.3 is 38.3 Å². The van der Waals surface area contributed by atoms with Crippen LogP contribution < -0.4 is 15.9 Å². The predicted octanol–water partition coefficient (Wildman–Crippen LogP) is 2.07. The van der Waals surface area contributed by atoms with Crippen molar-refractivity contribution < 1.29 is 43.3 Å². The van der Waals surface area contributed by atoms with Crippen LogP contribution in [0.15, 0.2) is 28.2 Å². The van der Waals surface area contributed by atoms with Crippen LogP contribution in [-0.4, -0.2) is 119 Å². The fourth-order valence-electron chi connectivity index (χ4n) is 7.73. The van der Waals surface area contributed by atoms with Gasteiger partial charge in [-0.25, -0.2) is 28.4 Å². The van der Waals surface area contributed by atoms with Crippen LogP contribution in [0.3, 0.4) is 0 Å². The fraction of sp³-hybridized carbons (Fsp3) is 0.553. The normalized spacial score (nSPS) is 19.4. The molecule has 20 heteroatoms. The van der Waals surface area contributed by atoms with E-state index >= 15 is 0 Å². The maximum absolute atomic E-state index is 12.9. The lowest BCUT2D eigenvalue weighted by Crippen LogP contribution is -2.44. The lowest BCUT2D eigenvalue weighted by atomic mass is 9.92. The summed E-state index contributed by atoms with van der Waals surface area (Å²) >= 11 is 1.49. The number of nitrogens with zero attached hydrogens (tertiary/aromatic N) is 8. The lowest BCUT2D eigenvalue weighted by molar-refractivity contribution is -0.135. The minimum Gasteiger partial charge on any atom is -0.501 e. The predicted molar refractivity (Wildman–Crippen MR) is 211 cm³/mol. The Kier molecular flexibility index (Phi) is 13.7. The zero-order valence-electron chi connectivity index (χ0n) is 33.9. The number of hydrogen-bond acceptors (Lipinski definition) is 14. The van der Waals surface area contributed by atoms with Crippen molar-refractivity contribution in [3.63, 3.8) is 0 Å². The fourth-order valence-corrected chi connectivity index (χ4v) is 8.23. The number of likely N-dealkylation sites (tertiary alicyclic amines) is 2. The van der Waals surface area contributed by atoms with Gasteiger partial charge in [0.25, 0.3) is 0 Å². The third-order valence-corrected chi connectivity index (χ3v) is 10.5. The molecule has 19 nitrogen and oxygen atoms in total. The molecule has 4 unspecified atom stereocenters. The molecule has 0 spiro atoms. The quantitative estimate of drug-likeness (QED) is 0.239. The van der Waals surface area contributed by atoms with Gasteiger partial charge in [-0.05, 0) is 42.8 Å². The number of carbonyl (C=O) groups is 5. The molecule has 0 saturated carbocycles. The van der Waals surface area contributed by atoms with Crippen molar-refractivity contribution in [2.75, 3.05) is 46.7 Å². The van der Waals surface area contributed by atoms with Crippen LogP contribution in [0.5, 0.6) is 11.5 Å². The molecule has 2 fully saturated rings. The van der Waals surface area contributed by atoms with Crippen LogP contribution in [0.1, 0.15) is 74.1 Å². The molecular weight excluding hydrogens is 777 g/mol. The first-order valence-corrected chi connectivity index (χ1v) is 20.2. The van der Waals surface area contributed by atoms with E-state index in [1.165, 1.54) is 33.1 Å². The van der Waals surface area contributed by atoms with Crippen LogP contribution in [0.2, 0.25) is 0 Å². The molecule has 314 valence electrons. The number of carbonyl (C=O) groups excluding carboxylic acids is 5. The Labute approximate surface area is 337 Å². The van der Waals surface area contributed by atoms with Gasteiger partial charge in [0, 0.05) is 57.4 Å². The molecule has 2 aliphatic heterocycles. The number of imidazole rings is 2. The third-order valence-electron chi connectivity index (χ3n) is 9.95. The molecule has 4 aromatic rings. The summed E-state index contributed by atoms with van der Waals surface area (Å²) in [4.78, 5) is 98.5. The Morgan fingerprint density at radius 1 is 0.759 bits per heavy atom. The van der Waals surface area contributed by atoms with E-state index in [9.17, 15) is 38.7 Å². The van der Waals surface area contributed by atoms with Crippen LogP contribution in [0.4, 0.5) is 0 Å². The molecule has 2 saturated heterocycles. The number of piperidine rings is 2. The lowest BCUT2D eigenvalue weighted by Gasteiger charge is -2.35. The summed E-state index contributed by atoms with van der Waals surface area (Å²) < 4.78 is 19.6. The van der Waals surface area contributed by atoms with Crippen LogP contribution in [0.25, 0.3) is 11.6 Å². The Hall–Kier alpha value is -5.66. The monoisotopic (exact) mass is 826 g/mol. The van der Waals surface area contributed by atoms with Gasteiger partial charge in [-0.2, -0.15) is 11.8 Å². The van der Waals surface area contributed by atoms with E-state index < -0.39 is 51.9 Å². The summed E-state index contributed by atoms with van der Waals surface area (Å²) in [6.45, 7) is 12.3. The van der Waals surface area contributed by atoms with Crippen molar-refractivity contribution in [2.24, 2.45) is 23.7 Å². The van der Waals surface area contributed by atoms with E-state index in [2.05, 4.69) is 47.1 Å². The first kappa shape index (κ1) is 43.5. The average molecular weight is 827 g/mol. The van der Waals surface area contributed by atoms with Crippen molar-refractivity contribution in [2.45, 2.75) is 66.3 Å². The van der Waals surface area contributed by atoms with Gasteiger partial charge in [-0.3, -0.25) is 24.0 Å². The topological polar surface area (TPSA) is 218 Å². The minimum absolute atomic E-state index is 0.00481. The molecule has 0 radical (unpaired) electrons. The second-order valence-electron chi connectivity index (χ2n) is 15.2. The summed E-state index contributed by atoms with van der Waals surface area (Å²) in [5.41, 5.74) is -1.78. The van der Waals surface area contributed by atoms with Gasteiger partial charge in [0.1, 0.15) is 13.1 Å². The number of amides is 2. The zero-order valence-corrected chi connectivity index (χ0v) is 34.7. The van der Waals surface area contributed by atoms with Crippen molar-refractivity contribution in [3.8, 4) is 11.5 Å². The molecule has 6 rings (SSSR count). The van der Waals surface area contributed by atoms with Gasteiger partial charge in [0.2, 0.25) is 40.6 Å². The van der Waals surface area contributed by atoms with Crippen LogP contribution >= 0.6 is 11.8 Å². The van der Waals surface area contributed by atoms with E-state index in [-0.39, 0.29) is 36.5 Å². The van der Waals surface area contributed by atoms with Gasteiger partial charge >= 0.3 is 29.0 Å². The molecule has 6 heterocycles. The maximum atomic E-state index is 12.9. The molecule has 4 aromatic heterocycles. The first-order chi connectivity index (χ1) is 27.5. The molecule has 4 atom stereocenters. The van der Waals surface area contributed by atoms with Crippen molar-refractivity contribution in [3.05, 3.63) is 56.4 Å². The summed E-state index contributed by atoms with van der Waals surface area (Å²) in [6, 6.07) is 0. The number of aromatic hydroxyl groups is 1. The Bertz CT molecular complexity index is 2330. The zero-order chi connectivity index (χ0) is 42.6. The average Bonchev–Trinajstić information content (AvgIpc) is 3.73. The van der Waals surface area contributed by atoms with Crippen LogP contribution in [-0.2, 0) is 42.7 Å². The van der Waals surface area contributed by atoms with E-state index in [0.717, 1.165) is 38.4 Å². The van der Waals surface area contributed by atoms with E-state index in [1.54, 1.807) is 10.8 Å². The summed E-state index contributed by atoms with van der Waals surface area (Å²) in [6.07, 6.45) is 8.66. The van der Waals surface area contributed by atoms with Crippen LogP contribution in [0, 0.1) is 23.7 Å². The number of methoxy groups -OCH3 is 2. The second-order valence-corrected chi connectivity index (χ2v) is 16.1.